The third-order valence-corrected chi connectivity index (χ3v) is 6.50. The van der Waals surface area contributed by atoms with Crippen LogP contribution in [0.2, 0.25) is 5.02 Å². The highest BCUT2D eigenvalue weighted by molar-refractivity contribution is 6.30. The van der Waals surface area contributed by atoms with Crippen molar-refractivity contribution in [2.45, 2.75) is 39.3 Å². The van der Waals surface area contributed by atoms with Crippen LogP contribution in [0.5, 0.6) is 0 Å². The lowest BCUT2D eigenvalue weighted by Gasteiger charge is -2.39. The third-order valence-electron chi connectivity index (χ3n) is 6.24. The van der Waals surface area contributed by atoms with E-state index in [1.54, 1.807) is 25.8 Å². The number of hydrogen-bond acceptors (Lipinski definition) is 3. The Morgan fingerprint density at radius 2 is 1.70 bits per heavy atom. The van der Waals surface area contributed by atoms with E-state index in [9.17, 15) is 9.59 Å². The summed E-state index contributed by atoms with van der Waals surface area (Å²) in [6.07, 6.45) is 0.784. The average molecular weight is 462 g/mol. The van der Waals surface area contributed by atoms with Crippen LogP contribution in [-0.4, -0.2) is 24.9 Å². The molecular formula is C27H28ClN3O2. The maximum absolute atomic E-state index is 12.5. The first kappa shape index (κ1) is 22.9. The summed E-state index contributed by atoms with van der Waals surface area (Å²) in [5.41, 5.74) is 5.87. The van der Waals surface area contributed by atoms with Gasteiger partial charge in [-0.15, -0.1) is 0 Å². The zero-order chi connectivity index (χ0) is 23.7. The lowest BCUT2D eigenvalue weighted by atomic mass is 9.88. The zero-order valence-corrected chi connectivity index (χ0v) is 20.1. The van der Waals surface area contributed by atoms with Gasteiger partial charge in [-0.05, 0) is 78.6 Å². The first-order chi connectivity index (χ1) is 15.7. The number of hydrogen-bond donors (Lipinski definition) is 1. The van der Waals surface area contributed by atoms with Crippen molar-refractivity contribution >= 4 is 40.5 Å². The molecule has 0 unspecified atom stereocenters. The summed E-state index contributed by atoms with van der Waals surface area (Å²) in [4.78, 5) is 27.8. The van der Waals surface area contributed by atoms with Crippen LogP contribution in [-0.2, 0) is 9.59 Å². The maximum Gasteiger partial charge on any atom is 0.224 e. The average Bonchev–Trinajstić information content (AvgIpc) is 2.79. The van der Waals surface area contributed by atoms with Gasteiger partial charge in [0.2, 0.25) is 11.8 Å². The molecule has 0 bridgehead atoms. The van der Waals surface area contributed by atoms with Gasteiger partial charge in [0.25, 0.3) is 0 Å². The van der Waals surface area contributed by atoms with Crippen molar-refractivity contribution in [1.82, 2.24) is 0 Å². The number of fused-ring (bicyclic) bond motifs is 1. The Morgan fingerprint density at radius 3 is 2.36 bits per heavy atom. The molecule has 0 spiro atoms. The van der Waals surface area contributed by atoms with Crippen molar-refractivity contribution in [1.29, 1.82) is 0 Å². The van der Waals surface area contributed by atoms with Crippen molar-refractivity contribution in [3.63, 3.8) is 0 Å². The molecular weight excluding hydrogens is 434 g/mol. The zero-order valence-electron chi connectivity index (χ0n) is 19.3. The highest BCUT2D eigenvalue weighted by Gasteiger charge is 2.32. The van der Waals surface area contributed by atoms with Crippen LogP contribution < -0.4 is 15.1 Å². The molecule has 6 heteroatoms. The molecule has 0 saturated carbocycles. The molecule has 33 heavy (non-hydrogen) atoms. The van der Waals surface area contributed by atoms with Crippen LogP contribution >= 0.6 is 11.6 Å². The summed E-state index contributed by atoms with van der Waals surface area (Å²) in [5.74, 6) is 0.0161. The van der Waals surface area contributed by atoms with E-state index >= 15 is 0 Å². The van der Waals surface area contributed by atoms with E-state index in [-0.39, 0.29) is 23.9 Å². The van der Waals surface area contributed by atoms with E-state index in [1.165, 1.54) is 0 Å². The summed E-state index contributed by atoms with van der Waals surface area (Å²) in [6, 6.07) is 21.9. The van der Waals surface area contributed by atoms with E-state index in [2.05, 4.69) is 18.3 Å². The van der Waals surface area contributed by atoms with E-state index in [1.807, 2.05) is 65.6 Å². The highest BCUT2D eigenvalue weighted by Crippen LogP contribution is 2.41. The molecule has 3 aromatic carbocycles. The molecule has 3 aromatic rings. The highest BCUT2D eigenvalue weighted by atomic mass is 35.5. The van der Waals surface area contributed by atoms with Gasteiger partial charge in [0.05, 0.1) is 6.04 Å². The van der Waals surface area contributed by atoms with Crippen molar-refractivity contribution < 1.29 is 9.59 Å². The molecule has 1 N–H and O–H groups in total. The SMILES string of the molecule is CC(=O)N(C)c1cccc(-c2ccc3c(c2)[C@H](Nc2ccc(Cl)cc2)C[C@H](C)N3C(C)=O)c1. The number of nitrogens with one attached hydrogen (secondary N) is 1. The van der Waals surface area contributed by atoms with Crippen LogP contribution in [0.15, 0.2) is 66.7 Å². The molecule has 1 heterocycles. The summed E-state index contributed by atoms with van der Waals surface area (Å²) in [6.45, 7) is 5.24. The second-order valence-electron chi connectivity index (χ2n) is 8.58. The van der Waals surface area contributed by atoms with Crippen molar-refractivity contribution in [3.05, 3.63) is 77.3 Å². The van der Waals surface area contributed by atoms with Gasteiger partial charge in [0, 0.05) is 49.0 Å². The lowest BCUT2D eigenvalue weighted by molar-refractivity contribution is -0.117. The van der Waals surface area contributed by atoms with Crippen LogP contribution in [0.4, 0.5) is 17.1 Å². The standard InChI is InChI=1S/C27H28ClN3O2/c1-17-14-26(29-23-11-9-22(28)10-12-23)25-16-21(8-13-27(25)31(17)19(3)33)20-6-5-7-24(15-20)30(4)18(2)32/h5-13,15-17,26,29H,14H2,1-4H3/t17-,26+/m0/s1. The van der Waals surface area contributed by atoms with Gasteiger partial charge in [0.15, 0.2) is 0 Å². The Morgan fingerprint density at radius 1 is 1.00 bits per heavy atom. The first-order valence-corrected chi connectivity index (χ1v) is 11.4. The monoisotopic (exact) mass is 461 g/mol. The van der Waals surface area contributed by atoms with Gasteiger partial charge in [-0.1, -0.05) is 29.8 Å². The fourth-order valence-corrected chi connectivity index (χ4v) is 4.61. The number of carbonyl (C=O) groups excluding carboxylic acids is 2. The maximum atomic E-state index is 12.5. The number of carbonyl (C=O) groups is 2. The molecule has 0 saturated heterocycles. The minimum atomic E-state index is -0.0177. The third kappa shape index (κ3) is 4.74. The minimum Gasteiger partial charge on any atom is -0.378 e. The summed E-state index contributed by atoms with van der Waals surface area (Å²) >= 11 is 6.06. The van der Waals surface area contributed by atoms with Crippen LogP contribution in [0, 0.1) is 0 Å². The topological polar surface area (TPSA) is 52.7 Å². The fourth-order valence-electron chi connectivity index (χ4n) is 4.48. The molecule has 2 atom stereocenters. The van der Waals surface area contributed by atoms with Gasteiger partial charge in [0.1, 0.15) is 0 Å². The second-order valence-corrected chi connectivity index (χ2v) is 9.02. The molecule has 1 aliphatic rings. The van der Waals surface area contributed by atoms with Crippen molar-refractivity contribution in [3.8, 4) is 11.1 Å². The normalized spacial score (nSPS) is 17.3. The number of halogens is 1. The molecule has 0 fully saturated rings. The Balaban J connectivity index is 1.76. The Labute approximate surface area is 200 Å². The van der Waals surface area contributed by atoms with Gasteiger partial charge in [-0.2, -0.15) is 0 Å². The van der Waals surface area contributed by atoms with Gasteiger partial charge in [-0.25, -0.2) is 0 Å². The second kappa shape index (κ2) is 9.28. The predicted molar refractivity (Wildman–Crippen MR) is 136 cm³/mol. The molecule has 0 radical (unpaired) electrons. The number of anilines is 3. The van der Waals surface area contributed by atoms with Crippen molar-refractivity contribution in [2.75, 3.05) is 22.2 Å². The fraction of sp³-hybridized carbons (Fsp3) is 0.259. The largest absolute Gasteiger partial charge is 0.378 e. The van der Waals surface area contributed by atoms with Gasteiger partial charge < -0.3 is 15.1 Å². The molecule has 170 valence electrons. The summed E-state index contributed by atoms with van der Waals surface area (Å²) in [5, 5.41) is 4.32. The molecule has 0 aromatic heterocycles. The smallest absolute Gasteiger partial charge is 0.224 e. The number of rotatable bonds is 4. The lowest BCUT2D eigenvalue weighted by Crippen LogP contribution is -2.43. The minimum absolute atomic E-state index is 0.0177. The molecule has 4 rings (SSSR count). The quantitative estimate of drug-likeness (QED) is 0.496. The molecule has 5 nitrogen and oxygen atoms in total. The molecule has 1 aliphatic heterocycles. The Hall–Kier alpha value is -3.31. The summed E-state index contributed by atoms with van der Waals surface area (Å²) in [7, 11) is 1.77. The van der Waals surface area contributed by atoms with E-state index in [0.29, 0.717) is 5.02 Å². The summed E-state index contributed by atoms with van der Waals surface area (Å²) < 4.78 is 0. The van der Waals surface area contributed by atoms with E-state index in [0.717, 1.165) is 40.2 Å². The predicted octanol–water partition coefficient (Wildman–Crippen LogP) is 6.29. The van der Waals surface area contributed by atoms with Gasteiger partial charge >= 0.3 is 0 Å². The number of amides is 2. The van der Waals surface area contributed by atoms with Crippen LogP contribution in [0.25, 0.3) is 11.1 Å². The first-order valence-electron chi connectivity index (χ1n) is 11.0. The molecule has 0 aliphatic carbocycles. The van der Waals surface area contributed by atoms with E-state index < -0.39 is 0 Å². The van der Waals surface area contributed by atoms with Crippen molar-refractivity contribution in [2.24, 2.45) is 0 Å². The van der Waals surface area contributed by atoms with Gasteiger partial charge in [-0.3, -0.25) is 9.59 Å². The van der Waals surface area contributed by atoms with Crippen LogP contribution in [0.3, 0.4) is 0 Å². The Bertz CT molecular complexity index is 1190. The number of nitrogens with zero attached hydrogens (tertiary/aromatic N) is 2. The Kier molecular flexibility index (Phi) is 6.43. The molecule has 2 amide bonds. The number of benzene rings is 3. The van der Waals surface area contributed by atoms with E-state index in [4.69, 9.17) is 11.6 Å². The van der Waals surface area contributed by atoms with Crippen LogP contribution in [0.1, 0.15) is 38.8 Å².